The second-order valence-corrected chi connectivity index (χ2v) is 4.60. The fourth-order valence-electron chi connectivity index (χ4n) is 1.33. The van der Waals surface area contributed by atoms with Gasteiger partial charge in [0.25, 0.3) is 0 Å². The highest BCUT2D eigenvalue weighted by atomic mass is 35.5. The summed E-state index contributed by atoms with van der Waals surface area (Å²) < 4.78 is 10.2. The van der Waals surface area contributed by atoms with Crippen molar-refractivity contribution in [2.45, 2.75) is 33.0 Å². The number of esters is 1. The third-order valence-electron chi connectivity index (χ3n) is 2.15. The Bertz CT molecular complexity index is 415. The second kappa shape index (κ2) is 6.61. The predicted molar refractivity (Wildman–Crippen MR) is 68.8 cm³/mol. The van der Waals surface area contributed by atoms with Crippen LogP contribution in [-0.4, -0.2) is 23.8 Å². The summed E-state index contributed by atoms with van der Waals surface area (Å²) in [6.07, 6.45) is -0.767. The second-order valence-electron chi connectivity index (χ2n) is 4.19. The summed E-state index contributed by atoms with van der Waals surface area (Å²) in [5.41, 5.74) is 0.692. The average molecular weight is 273 g/mol. The fraction of sp³-hybridized carbons (Fsp3) is 0.462. The first-order valence-corrected chi connectivity index (χ1v) is 6.07. The summed E-state index contributed by atoms with van der Waals surface area (Å²) in [5.74, 6) is -0.0533. The van der Waals surface area contributed by atoms with Gasteiger partial charge < -0.3 is 14.6 Å². The summed E-state index contributed by atoms with van der Waals surface area (Å²) in [5, 5.41) is 9.74. The van der Waals surface area contributed by atoms with Gasteiger partial charge in [-0.15, -0.1) is 0 Å². The lowest BCUT2D eigenvalue weighted by Crippen LogP contribution is -2.18. The molecule has 0 aliphatic carbocycles. The number of aliphatic hydroxyl groups excluding tert-OH is 1. The van der Waals surface area contributed by atoms with Crippen LogP contribution in [0.4, 0.5) is 0 Å². The Morgan fingerprint density at radius 1 is 1.39 bits per heavy atom. The van der Waals surface area contributed by atoms with Crippen molar-refractivity contribution in [2.75, 3.05) is 6.61 Å². The number of hydrogen-bond donors (Lipinski definition) is 1. The van der Waals surface area contributed by atoms with Crippen molar-refractivity contribution in [2.24, 2.45) is 0 Å². The number of halogens is 1. The molecule has 0 fully saturated rings. The highest BCUT2D eigenvalue weighted by Crippen LogP contribution is 2.27. The van der Waals surface area contributed by atoms with Gasteiger partial charge in [0.1, 0.15) is 5.75 Å². The maximum Gasteiger partial charge on any atom is 0.344 e. The van der Waals surface area contributed by atoms with Crippen molar-refractivity contribution in [1.82, 2.24) is 0 Å². The van der Waals surface area contributed by atoms with E-state index in [-0.39, 0.29) is 12.7 Å². The number of hydrogen-bond acceptors (Lipinski definition) is 4. The van der Waals surface area contributed by atoms with E-state index < -0.39 is 12.1 Å². The number of carbonyl (C=O) groups is 1. The Hall–Kier alpha value is -1.26. The van der Waals surface area contributed by atoms with Gasteiger partial charge in [0.05, 0.1) is 17.2 Å². The highest BCUT2D eigenvalue weighted by Gasteiger charge is 2.10. The van der Waals surface area contributed by atoms with E-state index in [1.165, 1.54) is 0 Å². The van der Waals surface area contributed by atoms with Crippen LogP contribution in [0.1, 0.15) is 32.4 Å². The zero-order valence-electron chi connectivity index (χ0n) is 10.6. The zero-order valence-corrected chi connectivity index (χ0v) is 11.4. The molecule has 1 atom stereocenters. The van der Waals surface area contributed by atoms with E-state index in [0.717, 1.165) is 0 Å². The van der Waals surface area contributed by atoms with Crippen molar-refractivity contribution in [3.05, 3.63) is 28.8 Å². The lowest BCUT2D eigenvalue weighted by Gasteiger charge is -2.11. The predicted octanol–water partition coefficient (Wildman–Crippen LogP) is 2.72. The Morgan fingerprint density at radius 2 is 2.06 bits per heavy atom. The Balaban J connectivity index is 2.60. The van der Waals surface area contributed by atoms with Crippen LogP contribution in [-0.2, 0) is 9.53 Å². The largest absolute Gasteiger partial charge is 0.480 e. The SMILES string of the molecule is CC(C)OC(=O)COc1ccc(C(C)O)cc1Cl. The van der Waals surface area contributed by atoms with E-state index in [0.29, 0.717) is 16.3 Å². The molecule has 1 rings (SSSR count). The molecule has 0 saturated heterocycles. The molecule has 0 spiro atoms. The Labute approximate surface area is 111 Å². The van der Waals surface area contributed by atoms with Gasteiger partial charge in [-0.05, 0) is 38.5 Å². The highest BCUT2D eigenvalue weighted by molar-refractivity contribution is 6.32. The molecule has 0 heterocycles. The molecule has 100 valence electrons. The lowest BCUT2D eigenvalue weighted by atomic mass is 10.1. The summed E-state index contributed by atoms with van der Waals surface area (Å²) in [6, 6.07) is 4.92. The van der Waals surface area contributed by atoms with E-state index >= 15 is 0 Å². The molecular weight excluding hydrogens is 256 g/mol. The van der Waals surface area contributed by atoms with Crippen LogP contribution in [0.5, 0.6) is 5.75 Å². The van der Waals surface area contributed by atoms with Crippen molar-refractivity contribution in [1.29, 1.82) is 0 Å². The Morgan fingerprint density at radius 3 is 2.56 bits per heavy atom. The third-order valence-corrected chi connectivity index (χ3v) is 2.45. The van der Waals surface area contributed by atoms with Crippen molar-refractivity contribution < 1.29 is 19.4 Å². The molecule has 0 bridgehead atoms. The number of ether oxygens (including phenoxy) is 2. The smallest absolute Gasteiger partial charge is 0.344 e. The maximum absolute atomic E-state index is 11.3. The average Bonchev–Trinajstić information content (AvgIpc) is 2.26. The molecule has 1 unspecified atom stereocenters. The lowest BCUT2D eigenvalue weighted by molar-refractivity contribution is -0.149. The minimum absolute atomic E-state index is 0.172. The van der Waals surface area contributed by atoms with Crippen LogP contribution in [0.3, 0.4) is 0 Å². The van der Waals surface area contributed by atoms with Crippen LogP contribution >= 0.6 is 11.6 Å². The topological polar surface area (TPSA) is 55.8 Å². The van der Waals surface area contributed by atoms with Crippen molar-refractivity contribution >= 4 is 17.6 Å². The molecule has 1 N–H and O–H groups in total. The van der Waals surface area contributed by atoms with Crippen LogP contribution in [0, 0.1) is 0 Å². The fourth-order valence-corrected chi connectivity index (χ4v) is 1.57. The van der Waals surface area contributed by atoms with Crippen LogP contribution < -0.4 is 4.74 Å². The maximum atomic E-state index is 11.3. The standard InChI is InChI=1S/C13H17ClO4/c1-8(2)18-13(16)7-17-12-5-4-10(9(3)15)6-11(12)14/h4-6,8-9,15H,7H2,1-3H3. The van der Waals surface area contributed by atoms with E-state index in [2.05, 4.69) is 0 Å². The van der Waals surface area contributed by atoms with E-state index in [1.807, 2.05) is 0 Å². The summed E-state index contributed by atoms with van der Waals surface area (Å²) in [4.78, 5) is 11.3. The molecule has 0 radical (unpaired) electrons. The van der Waals surface area contributed by atoms with Gasteiger partial charge in [-0.3, -0.25) is 0 Å². The molecule has 0 amide bonds. The van der Waals surface area contributed by atoms with Gasteiger partial charge in [0.15, 0.2) is 6.61 Å². The molecule has 1 aromatic carbocycles. The summed E-state index contributed by atoms with van der Waals surface area (Å²) in [6.45, 7) is 4.99. The molecule has 0 aliphatic heterocycles. The molecule has 5 heteroatoms. The minimum atomic E-state index is -0.595. The number of carbonyl (C=O) groups excluding carboxylic acids is 1. The molecular formula is C13H17ClO4. The van der Waals surface area contributed by atoms with Gasteiger partial charge in [-0.1, -0.05) is 17.7 Å². The molecule has 0 aromatic heterocycles. The number of aliphatic hydroxyl groups is 1. The van der Waals surface area contributed by atoms with Gasteiger partial charge in [0, 0.05) is 0 Å². The van der Waals surface area contributed by atoms with Crippen LogP contribution in [0.25, 0.3) is 0 Å². The van der Waals surface area contributed by atoms with E-state index in [9.17, 15) is 9.90 Å². The van der Waals surface area contributed by atoms with Crippen LogP contribution in [0.2, 0.25) is 5.02 Å². The molecule has 4 nitrogen and oxygen atoms in total. The normalized spacial score (nSPS) is 12.3. The first-order chi connectivity index (χ1) is 8.40. The third kappa shape index (κ3) is 4.55. The van der Waals surface area contributed by atoms with E-state index in [4.69, 9.17) is 21.1 Å². The molecule has 18 heavy (non-hydrogen) atoms. The minimum Gasteiger partial charge on any atom is -0.480 e. The molecule has 0 saturated carbocycles. The molecule has 0 aliphatic rings. The van der Waals surface area contributed by atoms with Crippen molar-refractivity contribution in [3.8, 4) is 5.75 Å². The van der Waals surface area contributed by atoms with Gasteiger partial charge in [-0.2, -0.15) is 0 Å². The van der Waals surface area contributed by atoms with Gasteiger partial charge >= 0.3 is 5.97 Å². The Kier molecular flexibility index (Phi) is 5.44. The number of benzene rings is 1. The van der Waals surface area contributed by atoms with Gasteiger partial charge in [-0.25, -0.2) is 4.79 Å². The summed E-state index contributed by atoms with van der Waals surface area (Å²) >= 11 is 5.97. The zero-order chi connectivity index (χ0) is 13.7. The van der Waals surface area contributed by atoms with Gasteiger partial charge in [0.2, 0.25) is 0 Å². The van der Waals surface area contributed by atoms with E-state index in [1.54, 1.807) is 39.0 Å². The summed E-state index contributed by atoms with van der Waals surface area (Å²) in [7, 11) is 0. The van der Waals surface area contributed by atoms with Crippen molar-refractivity contribution in [3.63, 3.8) is 0 Å². The van der Waals surface area contributed by atoms with Crippen LogP contribution in [0.15, 0.2) is 18.2 Å². The quantitative estimate of drug-likeness (QED) is 0.838. The first kappa shape index (κ1) is 14.8. The molecule has 1 aromatic rings. The number of rotatable bonds is 5. The first-order valence-electron chi connectivity index (χ1n) is 5.70. The monoisotopic (exact) mass is 272 g/mol.